The maximum absolute atomic E-state index is 13.0. The number of rotatable bonds is 4. The third-order valence-electron chi connectivity index (χ3n) is 7.68. The van der Waals surface area contributed by atoms with Gasteiger partial charge in [-0.15, -0.1) is 0 Å². The van der Waals surface area contributed by atoms with Gasteiger partial charge in [-0.05, 0) is 42.7 Å². The first-order chi connectivity index (χ1) is 17.6. The minimum Gasteiger partial charge on any atom is -0.497 e. The Morgan fingerprint density at radius 1 is 1.14 bits per heavy atom. The van der Waals surface area contributed by atoms with Gasteiger partial charge in [0.1, 0.15) is 12.3 Å². The number of nitrogens with one attached hydrogen (secondary N) is 1. The Hall–Kier alpha value is -3.50. The molecular weight excluding hydrogens is 454 g/mol. The van der Waals surface area contributed by atoms with E-state index in [1.807, 2.05) is 12.1 Å². The van der Waals surface area contributed by atoms with Crippen molar-refractivity contribution in [3.8, 4) is 17.6 Å². The molecule has 0 spiro atoms. The molecule has 2 aromatic carbocycles. The van der Waals surface area contributed by atoms with E-state index in [2.05, 4.69) is 29.3 Å². The third-order valence-corrected chi connectivity index (χ3v) is 7.68. The lowest BCUT2D eigenvalue weighted by Crippen LogP contribution is -2.73. The van der Waals surface area contributed by atoms with Crippen LogP contribution in [-0.2, 0) is 4.79 Å². The van der Waals surface area contributed by atoms with Gasteiger partial charge in [0.25, 0.3) is 0 Å². The summed E-state index contributed by atoms with van der Waals surface area (Å²) in [6.07, 6.45) is 6.25. The highest BCUT2D eigenvalue weighted by atomic mass is 16.5. The second kappa shape index (κ2) is 10.6. The van der Waals surface area contributed by atoms with Crippen molar-refractivity contribution in [2.45, 2.75) is 50.1 Å². The molecule has 0 unspecified atom stereocenters. The lowest BCUT2D eigenvalue weighted by Gasteiger charge is -2.58. The zero-order chi connectivity index (χ0) is 25.1. The van der Waals surface area contributed by atoms with Gasteiger partial charge < -0.3 is 25.0 Å². The second-order valence-corrected chi connectivity index (χ2v) is 9.91. The normalized spacial score (nSPS) is 23.7. The number of ether oxygens (including phenoxy) is 1. The summed E-state index contributed by atoms with van der Waals surface area (Å²) in [4.78, 5) is 29.2. The molecule has 2 aliphatic heterocycles. The Kier molecular flexibility index (Phi) is 7.15. The van der Waals surface area contributed by atoms with E-state index in [0.717, 1.165) is 11.1 Å². The zero-order valence-corrected chi connectivity index (χ0v) is 20.7. The molecule has 2 N–H and O–H groups in total. The Morgan fingerprint density at radius 3 is 2.64 bits per heavy atom. The van der Waals surface area contributed by atoms with Crippen LogP contribution in [0.3, 0.4) is 0 Å². The quantitative estimate of drug-likeness (QED) is 0.643. The number of fused-ring (bicyclic) bond motifs is 1. The summed E-state index contributed by atoms with van der Waals surface area (Å²) in [7, 11) is 1.57. The number of hydrogen-bond donors (Lipinski definition) is 2. The number of anilines is 1. The summed E-state index contributed by atoms with van der Waals surface area (Å²) in [6.45, 7) is 0.295. The molecule has 0 radical (unpaired) electrons. The zero-order valence-electron chi connectivity index (χ0n) is 20.7. The number of benzene rings is 2. The van der Waals surface area contributed by atoms with Gasteiger partial charge in [-0.2, -0.15) is 0 Å². The number of carbonyl (C=O) groups is 2. The number of piperazine rings is 1. The van der Waals surface area contributed by atoms with Gasteiger partial charge >= 0.3 is 6.03 Å². The largest absolute Gasteiger partial charge is 0.497 e. The van der Waals surface area contributed by atoms with Crippen molar-refractivity contribution in [1.29, 1.82) is 0 Å². The fourth-order valence-corrected chi connectivity index (χ4v) is 5.78. The number of carbonyl (C=O) groups excluding carboxylic acids is 2. The Labute approximate surface area is 212 Å². The molecule has 3 amide bonds. The molecule has 188 valence electrons. The average molecular weight is 488 g/mol. The SMILES string of the molecule is COc1cccc(NC(=O)N2CC(=O)N3[C@@H](CO)[C@@H](c4ccc(C#CC5CCCCC5)cc4)[C@@H]3C2)c1. The van der Waals surface area contributed by atoms with Gasteiger partial charge in [-0.3, -0.25) is 4.79 Å². The van der Waals surface area contributed by atoms with Crippen LogP contribution >= 0.6 is 0 Å². The van der Waals surface area contributed by atoms with Crippen molar-refractivity contribution in [2.75, 3.05) is 32.1 Å². The fourth-order valence-electron chi connectivity index (χ4n) is 5.78. The average Bonchev–Trinajstić information content (AvgIpc) is 2.90. The lowest BCUT2D eigenvalue weighted by molar-refractivity contribution is -0.159. The standard InChI is InChI=1S/C29H33N3O4/c1-36-24-9-5-8-23(16-24)30-29(35)31-17-25-28(26(19-33)32(25)27(34)18-31)22-14-12-21(13-15-22)11-10-20-6-3-2-4-7-20/h5,8-9,12-16,20,25-26,28,33H,2-4,6-7,17-19H2,1H3,(H,30,35)/t25-,26-,28-/m0/s1. The van der Waals surface area contributed by atoms with Gasteiger partial charge in [0, 0.05) is 35.7 Å². The lowest BCUT2D eigenvalue weighted by atomic mass is 9.73. The van der Waals surface area contributed by atoms with Crippen molar-refractivity contribution >= 4 is 17.6 Å². The number of hydrogen-bond acceptors (Lipinski definition) is 4. The first-order valence-corrected chi connectivity index (χ1v) is 12.8. The molecule has 5 rings (SSSR count). The van der Waals surface area contributed by atoms with Crippen molar-refractivity contribution in [3.63, 3.8) is 0 Å². The van der Waals surface area contributed by atoms with Crippen LogP contribution in [0.2, 0.25) is 0 Å². The highest BCUT2D eigenvalue weighted by Crippen LogP contribution is 2.43. The molecule has 0 bridgehead atoms. The van der Waals surface area contributed by atoms with Crippen LogP contribution in [0.15, 0.2) is 48.5 Å². The van der Waals surface area contributed by atoms with E-state index in [1.165, 1.54) is 32.1 Å². The Morgan fingerprint density at radius 2 is 1.92 bits per heavy atom. The summed E-state index contributed by atoms with van der Waals surface area (Å²) in [5, 5.41) is 12.9. The van der Waals surface area contributed by atoms with Crippen LogP contribution in [0.5, 0.6) is 5.75 Å². The first kappa shape index (κ1) is 24.2. The van der Waals surface area contributed by atoms with Crippen molar-refractivity contribution in [3.05, 3.63) is 59.7 Å². The maximum atomic E-state index is 13.0. The predicted molar refractivity (Wildman–Crippen MR) is 138 cm³/mol. The number of nitrogens with zero attached hydrogens (tertiary/aromatic N) is 2. The van der Waals surface area contributed by atoms with E-state index >= 15 is 0 Å². The minimum absolute atomic E-state index is 0.00871. The molecule has 2 aromatic rings. The van der Waals surface area contributed by atoms with Gasteiger partial charge in [0.05, 0.1) is 25.8 Å². The van der Waals surface area contributed by atoms with Gasteiger partial charge in [-0.25, -0.2) is 4.79 Å². The molecule has 7 nitrogen and oxygen atoms in total. The summed E-state index contributed by atoms with van der Waals surface area (Å²) in [6, 6.07) is 14.5. The minimum atomic E-state index is -0.323. The molecule has 3 aliphatic rings. The number of aliphatic hydroxyl groups excluding tert-OH is 1. The third kappa shape index (κ3) is 4.91. The molecular formula is C29H33N3O4. The number of urea groups is 1. The molecule has 1 saturated carbocycles. The van der Waals surface area contributed by atoms with Crippen LogP contribution in [0.4, 0.5) is 10.5 Å². The molecule has 3 fully saturated rings. The van der Waals surface area contributed by atoms with E-state index in [4.69, 9.17) is 4.74 Å². The summed E-state index contributed by atoms with van der Waals surface area (Å²) in [5.41, 5.74) is 2.65. The summed E-state index contributed by atoms with van der Waals surface area (Å²) in [5.74, 6) is 7.72. The molecule has 0 aromatic heterocycles. The summed E-state index contributed by atoms with van der Waals surface area (Å²) < 4.78 is 5.22. The second-order valence-electron chi connectivity index (χ2n) is 9.91. The smallest absolute Gasteiger partial charge is 0.322 e. The number of methoxy groups -OCH3 is 1. The fraction of sp³-hybridized carbons (Fsp3) is 0.448. The Balaban J connectivity index is 1.28. The molecule has 1 aliphatic carbocycles. The van der Waals surface area contributed by atoms with Gasteiger partial charge in [0.2, 0.25) is 5.91 Å². The Bertz CT molecular complexity index is 1160. The topological polar surface area (TPSA) is 82.1 Å². The number of aliphatic hydroxyl groups is 1. The molecule has 3 atom stereocenters. The van der Waals surface area contributed by atoms with E-state index in [-0.39, 0.29) is 43.1 Å². The maximum Gasteiger partial charge on any atom is 0.322 e. The monoisotopic (exact) mass is 487 g/mol. The van der Waals surface area contributed by atoms with Crippen LogP contribution in [0.1, 0.15) is 49.1 Å². The van der Waals surface area contributed by atoms with Crippen LogP contribution in [0.25, 0.3) is 0 Å². The van der Waals surface area contributed by atoms with Crippen molar-refractivity contribution < 1.29 is 19.4 Å². The van der Waals surface area contributed by atoms with Crippen molar-refractivity contribution in [2.24, 2.45) is 5.92 Å². The molecule has 2 heterocycles. The van der Waals surface area contributed by atoms with Crippen LogP contribution in [0, 0.1) is 17.8 Å². The molecule has 2 saturated heterocycles. The van der Waals surface area contributed by atoms with Crippen LogP contribution in [-0.4, -0.2) is 65.7 Å². The summed E-state index contributed by atoms with van der Waals surface area (Å²) >= 11 is 0. The number of amides is 3. The highest BCUT2D eigenvalue weighted by Gasteiger charge is 2.54. The molecule has 36 heavy (non-hydrogen) atoms. The predicted octanol–water partition coefficient (Wildman–Crippen LogP) is 3.83. The van der Waals surface area contributed by atoms with E-state index in [9.17, 15) is 14.7 Å². The van der Waals surface area contributed by atoms with E-state index < -0.39 is 0 Å². The van der Waals surface area contributed by atoms with Gasteiger partial charge in [0.15, 0.2) is 0 Å². The van der Waals surface area contributed by atoms with Crippen molar-refractivity contribution in [1.82, 2.24) is 9.80 Å². The molecule has 7 heteroatoms. The van der Waals surface area contributed by atoms with E-state index in [0.29, 0.717) is 23.9 Å². The van der Waals surface area contributed by atoms with Crippen LogP contribution < -0.4 is 10.1 Å². The van der Waals surface area contributed by atoms with E-state index in [1.54, 1.807) is 41.2 Å². The van der Waals surface area contributed by atoms with Gasteiger partial charge in [-0.1, -0.05) is 49.3 Å². The highest BCUT2D eigenvalue weighted by molar-refractivity contribution is 5.94. The first-order valence-electron chi connectivity index (χ1n) is 12.8.